The van der Waals surface area contributed by atoms with Crippen LogP contribution in [-0.2, 0) is 0 Å². The number of aryl methyl sites for hydroxylation is 2. The molecule has 0 radical (unpaired) electrons. The first-order valence-corrected chi connectivity index (χ1v) is 23.4. The molecule has 6 aromatic rings. The van der Waals surface area contributed by atoms with Gasteiger partial charge in [-0.2, -0.15) is 0 Å². The molecule has 2 aliphatic heterocycles. The van der Waals surface area contributed by atoms with Crippen molar-refractivity contribution in [3.05, 3.63) is 166 Å². The van der Waals surface area contributed by atoms with E-state index in [1.807, 2.05) is 0 Å². The average molecular weight is 823 g/mol. The van der Waals surface area contributed by atoms with E-state index in [9.17, 15) is 0 Å². The van der Waals surface area contributed by atoms with Crippen molar-refractivity contribution in [3.8, 4) is 0 Å². The Bertz CT molecular complexity index is 2330. The van der Waals surface area contributed by atoms with Gasteiger partial charge in [-0.05, 0) is 167 Å². The van der Waals surface area contributed by atoms with Crippen LogP contribution >= 0.6 is 0 Å². The second-order valence-corrected chi connectivity index (χ2v) is 20.0. The summed E-state index contributed by atoms with van der Waals surface area (Å²) in [5.74, 6) is 2.51. The summed E-state index contributed by atoms with van der Waals surface area (Å²) in [4.78, 5) is 10.7. The highest BCUT2D eigenvalue weighted by molar-refractivity contribution is 5.95. The summed E-state index contributed by atoms with van der Waals surface area (Å²) in [6.07, 6.45) is -0.405. The van der Waals surface area contributed by atoms with Gasteiger partial charge in [0.25, 0.3) is 0 Å². The van der Waals surface area contributed by atoms with Crippen molar-refractivity contribution in [3.63, 3.8) is 0 Å². The molecule has 2 aliphatic rings. The molecule has 0 amide bonds. The summed E-state index contributed by atoms with van der Waals surface area (Å²) in [7, 11) is 0. The largest absolute Gasteiger partial charge is 0.314 e. The fraction of sp³-hybridized carbons (Fsp3) is 0.379. The number of anilines is 8. The van der Waals surface area contributed by atoms with Gasteiger partial charge in [0.05, 0.1) is 22.7 Å². The van der Waals surface area contributed by atoms with Crippen molar-refractivity contribution in [2.24, 2.45) is 0 Å². The second-order valence-electron chi connectivity index (χ2n) is 20.0. The third kappa shape index (κ3) is 7.69. The molecule has 0 saturated carbocycles. The summed E-state index contributed by atoms with van der Waals surface area (Å²) in [5.41, 5.74) is 20.6. The molecule has 0 aliphatic carbocycles. The summed E-state index contributed by atoms with van der Waals surface area (Å²) in [5, 5.41) is 0. The van der Waals surface area contributed by atoms with Gasteiger partial charge in [-0.15, -0.1) is 0 Å². The molecule has 0 fully saturated rings. The van der Waals surface area contributed by atoms with Gasteiger partial charge in [0.15, 0.2) is 12.3 Å². The minimum absolute atomic E-state index is 0.202. The van der Waals surface area contributed by atoms with Crippen LogP contribution in [0.5, 0.6) is 0 Å². The molecule has 0 aromatic heterocycles. The van der Waals surface area contributed by atoms with E-state index in [1.165, 1.54) is 90.0 Å². The van der Waals surface area contributed by atoms with Crippen molar-refractivity contribution >= 4 is 45.5 Å². The number of benzene rings is 6. The zero-order valence-corrected chi connectivity index (χ0v) is 40.0. The molecule has 322 valence electrons. The smallest absolute Gasteiger partial charge is 0.151 e. The van der Waals surface area contributed by atoms with Crippen LogP contribution in [0.2, 0.25) is 0 Å². The number of hydrogen-bond donors (Lipinski definition) is 0. The van der Waals surface area contributed by atoms with E-state index < -0.39 is 0 Å². The van der Waals surface area contributed by atoms with E-state index in [2.05, 4.69) is 238 Å². The van der Waals surface area contributed by atoms with Gasteiger partial charge in [-0.1, -0.05) is 132 Å². The second kappa shape index (κ2) is 17.0. The predicted molar refractivity (Wildman–Crippen MR) is 269 cm³/mol. The van der Waals surface area contributed by atoms with E-state index in [0.29, 0.717) is 35.5 Å². The molecule has 0 bridgehead atoms. The van der Waals surface area contributed by atoms with Gasteiger partial charge in [-0.3, -0.25) is 0 Å². The minimum atomic E-state index is -0.202. The van der Waals surface area contributed by atoms with E-state index >= 15 is 0 Å². The maximum Gasteiger partial charge on any atom is 0.151 e. The highest BCUT2D eigenvalue weighted by atomic mass is 15.5. The maximum atomic E-state index is 2.68. The van der Waals surface area contributed by atoms with E-state index in [0.717, 1.165) is 0 Å². The van der Waals surface area contributed by atoms with Crippen molar-refractivity contribution in [1.29, 1.82) is 0 Å². The van der Waals surface area contributed by atoms with Gasteiger partial charge in [0.2, 0.25) is 0 Å². The Morgan fingerprint density at radius 1 is 0.290 bits per heavy atom. The SMILES string of the molecule is Cc1cc2c(cc1C(C)C)N(c1ccc(C(C)C)cc1)C(C1N(c3ccc(C(C)C)cc3)c3cc(C)c(C(C)C)cc3N1c1ccc(C(C)C)cc1)N2c1ccc(C(C)C)cc1. The summed E-state index contributed by atoms with van der Waals surface area (Å²) < 4.78 is 0. The Labute approximate surface area is 374 Å². The molecule has 0 spiro atoms. The fourth-order valence-electron chi connectivity index (χ4n) is 9.99. The van der Waals surface area contributed by atoms with Crippen molar-refractivity contribution in [2.75, 3.05) is 19.6 Å². The van der Waals surface area contributed by atoms with Crippen LogP contribution in [0, 0.1) is 13.8 Å². The van der Waals surface area contributed by atoms with Crippen LogP contribution in [0.3, 0.4) is 0 Å². The topological polar surface area (TPSA) is 13.0 Å². The Morgan fingerprint density at radius 2 is 0.500 bits per heavy atom. The normalized spacial score (nSPS) is 16.3. The molecule has 6 aromatic carbocycles. The molecule has 0 N–H and O–H groups in total. The fourth-order valence-corrected chi connectivity index (χ4v) is 9.99. The third-order valence-electron chi connectivity index (χ3n) is 13.7. The van der Waals surface area contributed by atoms with Crippen molar-refractivity contribution in [2.45, 2.75) is 145 Å². The van der Waals surface area contributed by atoms with Crippen LogP contribution in [0.15, 0.2) is 121 Å². The van der Waals surface area contributed by atoms with Crippen LogP contribution in [0.4, 0.5) is 45.5 Å². The van der Waals surface area contributed by atoms with Gasteiger partial charge >= 0.3 is 0 Å². The van der Waals surface area contributed by atoms with Gasteiger partial charge in [0, 0.05) is 22.7 Å². The first-order chi connectivity index (χ1) is 29.5. The molecule has 62 heavy (non-hydrogen) atoms. The Kier molecular flexibility index (Phi) is 11.8. The lowest BCUT2D eigenvalue weighted by Gasteiger charge is -2.44. The molecule has 2 atom stereocenters. The lowest BCUT2D eigenvalue weighted by molar-refractivity contribution is 0.549. The molecule has 4 nitrogen and oxygen atoms in total. The van der Waals surface area contributed by atoms with E-state index in [4.69, 9.17) is 0 Å². The molecule has 4 heteroatoms. The van der Waals surface area contributed by atoms with E-state index in [-0.39, 0.29) is 12.3 Å². The Morgan fingerprint density at radius 3 is 0.694 bits per heavy atom. The molecular weight excluding hydrogens is 753 g/mol. The molecule has 2 heterocycles. The summed E-state index contributed by atoms with van der Waals surface area (Å²) in [6.45, 7) is 32.2. The number of nitrogens with zero attached hydrogens (tertiary/aromatic N) is 4. The zero-order chi connectivity index (χ0) is 44.3. The van der Waals surface area contributed by atoms with Crippen LogP contribution in [0.1, 0.15) is 163 Å². The number of hydrogen-bond acceptors (Lipinski definition) is 4. The molecule has 2 unspecified atom stereocenters. The predicted octanol–water partition coefficient (Wildman–Crippen LogP) is 17.0. The molecule has 8 rings (SSSR count). The Balaban J connectivity index is 1.49. The van der Waals surface area contributed by atoms with Crippen molar-refractivity contribution in [1.82, 2.24) is 0 Å². The maximum absolute atomic E-state index is 2.68. The van der Waals surface area contributed by atoms with Crippen molar-refractivity contribution < 1.29 is 0 Å². The lowest BCUT2D eigenvalue weighted by atomic mass is 9.96. The molecular formula is C58H70N4. The first-order valence-electron chi connectivity index (χ1n) is 23.4. The number of fused-ring (bicyclic) bond motifs is 2. The van der Waals surface area contributed by atoms with Gasteiger partial charge < -0.3 is 19.6 Å². The number of rotatable bonds is 11. The summed E-state index contributed by atoms with van der Waals surface area (Å²) >= 11 is 0. The molecule has 0 saturated heterocycles. The Hall–Kier alpha value is -5.48. The monoisotopic (exact) mass is 823 g/mol. The quantitative estimate of drug-likeness (QED) is 0.129. The highest BCUT2D eigenvalue weighted by Gasteiger charge is 2.52. The first kappa shape index (κ1) is 43.2. The van der Waals surface area contributed by atoms with Gasteiger partial charge in [-0.25, -0.2) is 0 Å². The third-order valence-corrected chi connectivity index (χ3v) is 13.7. The zero-order valence-electron chi connectivity index (χ0n) is 40.0. The summed E-state index contributed by atoms with van der Waals surface area (Å²) in [6, 6.07) is 47.7. The van der Waals surface area contributed by atoms with Crippen LogP contribution < -0.4 is 19.6 Å². The lowest BCUT2D eigenvalue weighted by Crippen LogP contribution is -2.58. The highest BCUT2D eigenvalue weighted by Crippen LogP contribution is 2.57. The minimum Gasteiger partial charge on any atom is -0.314 e. The van der Waals surface area contributed by atoms with E-state index in [1.54, 1.807) is 0 Å². The van der Waals surface area contributed by atoms with Gasteiger partial charge in [0.1, 0.15) is 0 Å². The van der Waals surface area contributed by atoms with Crippen LogP contribution in [-0.4, -0.2) is 12.3 Å². The average Bonchev–Trinajstić information content (AvgIpc) is 3.74. The standard InChI is InChI=1S/C58H70N4/c1-35(2)43-15-23-47(24-16-43)59-53-31-41(13)51(39(9)10)33-55(53)61(49-27-19-45(20-28-49)37(5)6)57(59)58-60(48-25-17-44(18-26-48)36(3)4)54-32-42(14)52(40(11)12)34-56(54)62(58)50-29-21-46(22-30-50)38(7)8/h15-40,57-58H,1-14H3. The van der Waals surface area contributed by atoms with Crippen LogP contribution in [0.25, 0.3) is 0 Å².